The minimum atomic E-state index is -0.562. The van der Waals surface area contributed by atoms with Crippen LogP contribution in [0.3, 0.4) is 0 Å². The van der Waals surface area contributed by atoms with Crippen LogP contribution in [0.1, 0.15) is 38.2 Å². The Balaban J connectivity index is 1.88. The maximum atomic E-state index is 13.0. The fourth-order valence-electron chi connectivity index (χ4n) is 3.72. The highest BCUT2D eigenvalue weighted by molar-refractivity contribution is 6.22. The number of Topliss-reactive ketones (excluding diaryl/α,β-unsaturated/α-hetero) is 1. The highest BCUT2D eigenvalue weighted by atomic mass is 16.5. The van der Waals surface area contributed by atoms with Crippen LogP contribution in [0.15, 0.2) is 66.7 Å². The first-order valence-electron chi connectivity index (χ1n) is 10.1. The summed E-state index contributed by atoms with van der Waals surface area (Å²) < 4.78 is 10.9. The summed E-state index contributed by atoms with van der Waals surface area (Å²) in [6.07, 6.45) is 1.73. The molecule has 0 fully saturated rings. The van der Waals surface area contributed by atoms with Gasteiger partial charge >= 0.3 is 5.97 Å². The Hall–Kier alpha value is -3.66. The monoisotopic (exact) mass is 414 g/mol. The second-order valence-electron chi connectivity index (χ2n) is 7.44. The SMILES string of the molecule is COc1ccccc1C=C(C(=O)OCC(=O)c1c(C)cc(C)cc1C)c1ccccc1. The first-order chi connectivity index (χ1) is 14.9. The molecule has 0 aliphatic heterocycles. The lowest BCUT2D eigenvalue weighted by atomic mass is 9.97. The van der Waals surface area contributed by atoms with Crippen LogP contribution in [-0.2, 0) is 9.53 Å². The molecule has 3 aromatic carbocycles. The summed E-state index contributed by atoms with van der Waals surface area (Å²) in [5.41, 5.74) is 5.27. The van der Waals surface area contributed by atoms with Crippen LogP contribution in [0.5, 0.6) is 5.75 Å². The van der Waals surface area contributed by atoms with Crippen LogP contribution in [0, 0.1) is 20.8 Å². The van der Waals surface area contributed by atoms with Crippen LogP contribution < -0.4 is 4.74 Å². The molecule has 0 N–H and O–H groups in total. The van der Waals surface area contributed by atoms with Gasteiger partial charge in [0.1, 0.15) is 5.75 Å². The molecular weight excluding hydrogens is 388 g/mol. The molecule has 3 rings (SSSR count). The Kier molecular flexibility index (Phi) is 7.03. The van der Waals surface area contributed by atoms with Crippen molar-refractivity contribution in [2.45, 2.75) is 20.8 Å². The number of benzene rings is 3. The highest BCUT2D eigenvalue weighted by Crippen LogP contribution is 2.26. The van der Waals surface area contributed by atoms with Gasteiger partial charge in [-0.15, -0.1) is 0 Å². The third kappa shape index (κ3) is 5.28. The lowest BCUT2D eigenvalue weighted by Crippen LogP contribution is -2.17. The van der Waals surface area contributed by atoms with Gasteiger partial charge in [-0.25, -0.2) is 4.79 Å². The maximum absolute atomic E-state index is 13.0. The topological polar surface area (TPSA) is 52.6 Å². The minimum Gasteiger partial charge on any atom is -0.496 e. The number of esters is 1. The van der Waals surface area contributed by atoms with E-state index in [0.29, 0.717) is 22.4 Å². The second kappa shape index (κ2) is 9.90. The molecule has 0 bridgehead atoms. The number of rotatable bonds is 7. The zero-order valence-corrected chi connectivity index (χ0v) is 18.3. The largest absolute Gasteiger partial charge is 0.496 e. The van der Waals surface area contributed by atoms with Gasteiger partial charge in [0.05, 0.1) is 12.7 Å². The zero-order chi connectivity index (χ0) is 22.4. The van der Waals surface area contributed by atoms with Crippen LogP contribution in [0.2, 0.25) is 0 Å². The number of para-hydroxylation sites is 1. The number of ether oxygens (including phenoxy) is 2. The summed E-state index contributed by atoms with van der Waals surface area (Å²) in [4.78, 5) is 25.8. The number of carbonyl (C=O) groups excluding carboxylic acids is 2. The average molecular weight is 415 g/mol. The van der Waals surface area contributed by atoms with Gasteiger partial charge in [0.15, 0.2) is 6.61 Å². The number of ketones is 1. The quantitative estimate of drug-likeness (QED) is 0.219. The third-order valence-corrected chi connectivity index (χ3v) is 5.03. The third-order valence-electron chi connectivity index (χ3n) is 5.03. The van der Waals surface area contributed by atoms with Crippen LogP contribution in [-0.4, -0.2) is 25.5 Å². The van der Waals surface area contributed by atoms with Crippen molar-refractivity contribution in [3.8, 4) is 5.75 Å². The summed E-state index contributed by atoms with van der Waals surface area (Å²) in [6, 6.07) is 20.6. The molecular formula is C27H26O4. The van der Waals surface area contributed by atoms with Crippen molar-refractivity contribution >= 4 is 23.4 Å². The van der Waals surface area contributed by atoms with Crippen LogP contribution in [0.4, 0.5) is 0 Å². The van der Waals surface area contributed by atoms with Crippen molar-refractivity contribution in [2.24, 2.45) is 0 Å². The first kappa shape index (κ1) is 22.0. The summed E-state index contributed by atoms with van der Waals surface area (Å²) in [7, 11) is 1.58. The van der Waals surface area contributed by atoms with Gasteiger partial charge in [0, 0.05) is 11.1 Å². The molecule has 31 heavy (non-hydrogen) atoms. The van der Waals surface area contributed by atoms with Gasteiger partial charge in [-0.2, -0.15) is 0 Å². The standard InChI is InChI=1S/C27H26O4/c1-18-14-19(2)26(20(3)15-18)24(28)17-31-27(29)23(21-10-6-5-7-11-21)16-22-12-8-9-13-25(22)30-4/h5-16H,17H2,1-4H3. The van der Waals surface area contributed by atoms with E-state index in [1.165, 1.54) is 0 Å². The van der Waals surface area contributed by atoms with Crippen LogP contribution >= 0.6 is 0 Å². The molecule has 0 saturated heterocycles. The molecule has 4 nitrogen and oxygen atoms in total. The van der Waals surface area contributed by atoms with Crippen LogP contribution in [0.25, 0.3) is 11.6 Å². The lowest BCUT2D eigenvalue weighted by molar-refractivity contribution is -0.135. The molecule has 0 atom stereocenters. The smallest absolute Gasteiger partial charge is 0.339 e. The van der Waals surface area contributed by atoms with E-state index in [1.807, 2.05) is 87.5 Å². The lowest BCUT2D eigenvalue weighted by Gasteiger charge is -2.12. The van der Waals surface area contributed by atoms with Gasteiger partial charge in [-0.1, -0.05) is 66.2 Å². The fraction of sp³-hybridized carbons (Fsp3) is 0.185. The minimum absolute atomic E-state index is 0.215. The van der Waals surface area contributed by atoms with Crippen molar-refractivity contribution in [3.05, 3.63) is 100 Å². The Labute approximate surface area is 183 Å². The average Bonchev–Trinajstić information content (AvgIpc) is 2.76. The molecule has 0 unspecified atom stereocenters. The predicted molar refractivity (Wildman–Crippen MR) is 123 cm³/mol. The van der Waals surface area contributed by atoms with E-state index in [9.17, 15) is 9.59 Å². The van der Waals surface area contributed by atoms with E-state index < -0.39 is 5.97 Å². The molecule has 0 saturated carbocycles. The molecule has 158 valence electrons. The van der Waals surface area contributed by atoms with E-state index in [4.69, 9.17) is 9.47 Å². The maximum Gasteiger partial charge on any atom is 0.339 e. The zero-order valence-electron chi connectivity index (χ0n) is 18.3. The number of aryl methyl sites for hydroxylation is 3. The molecule has 0 aromatic heterocycles. The molecule has 0 spiro atoms. The van der Waals surface area contributed by atoms with Gasteiger partial charge < -0.3 is 9.47 Å². The predicted octanol–water partition coefficient (Wildman–Crippen LogP) is 5.59. The second-order valence-corrected chi connectivity index (χ2v) is 7.44. The van der Waals surface area contributed by atoms with E-state index in [-0.39, 0.29) is 12.4 Å². The van der Waals surface area contributed by atoms with E-state index >= 15 is 0 Å². The molecule has 0 aliphatic rings. The highest BCUT2D eigenvalue weighted by Gasteiger charge is 2.19. The van der Waals surface area contributed by atoms with Crippen molar-refractivity contribution in [2.75, 3.05) is 13.7 Å². The van der Waals surface area contributed by atoms with Crippen molar-refractivity contribution in [3.63, 3.8) is 0 Å². The number of hydrogen-bond acceptors (Lipinski definition) is 4. The first-order valence-corrected chi connectivity index (χ1v) is 10.1. The Morgan fingerprint density at radius 3 is 2.13 bits per heavy atom. The van der Waals surface area contributed by atoms with Crippen molar-refractivity contribution < 1.29 is 19.1 Å². The molecule has 4 heteroatoms. The van der Waals surface area contributed by atoms with Gasteiger partial charge in [-0.05, 0) is 49.6 Å². The normalized spacial score (nSPS) is 11.2. The van der Waals surface area contributed by atoms with E-state index in [1.54, 1.807) is 13.2 Å². The summed E-state index contributed by atoms with van der Waals surface area (Å²) in [6.45, 7) is 5.46. The Morgan fingerprint density at radius 1 is 0.871 bits per heavy atom. The Morgan fingerprint density at radius 2 is 1.48 bits per heavy atom. The van der Waals surface area contributed by atoms with Gasteiger partial charge in [0.2, 0.25) is 5.78 Å². The van der Waals surface area contributed by atoms with Crippen molar-refractivity contribution in [1.29, 1.82) is 0 Å². The summed E-state index contributed by atoms with van der Waals surface area (Å²) >= 11 is 0. The number of carbonyl (C=O) groups is 2. The fourth-order valence-corrected chi connectivity index (χ4v) is 3.72. The van der Waals surface area contributed by atoms with E-state index in [0.717, 1.165) is 22.3 Å². The van der Waals surface area contributed by atoms with Crippen molar-refractivity contribution in [1.82, 2.24) is 0 Å². The van der Waals surface area contributed by atoms with E-state index in [2.05, 4.69) is 0 Å². The molecule has 0 heterocycles. The summed E-state index contributed by atoms with van der Waals surface area (Å²) in [5.74, 6) is -0.133. The summed E-state index contributed by atoms with van der Waals surface area (Å²) in [5, 5.41) is 0. The molecule has 3 aromatic rings. The number of hydrogen-bond donors (Lipinski definition) is 0. The molecule has 0 amide bonds. The van der Waals surface area contributed by atoms with Gasteiger partial charge in [0.25, 0.3) is 0 Å². The Bertz CT molecular complexity index is 1100. The molecule has 0 aliphatic carbocycles. The number of methoxy groups -OCH3 is 1. The van der Waals surface area contributed by atoms with Gasteiger partial charge in [-0.3, -0.25) is 4.79 Å². The molecule has 0 radical (unpaired) electrons.